The lowest BCUT2D eigenvalue weighted by molar-refractivity contribution is -0.142. The molecule has 1 aromatic carbocycles. The molecule has 1 saturated heterocycles. The number of hydrogen-bond acceptors (Lipinski definition) is 4. The van der Waals surface area contributed by atoms with Crippen LogP contribution in [-0.2, 0) is 4.79 Å². The Morgan fingerprint density at radius 1 is 1.29 bits per heavy atom. The number of para-hydroxylation sites is 2. The van der Waals surface area contributed by atoms with Gasteiger partial charge in [-0.3, -0.25) is 4.79 Å². The summed E-state index contributed by atoms with van der Waals surface area (Å²) in [4.78, 5) is 14.4. The van der Waals surface area contributed by atoms with Gasteiger partial charge in [0.05, 0.1) is 0 Å². The Bertz CT molecular complexity index is 510. The van der Waals surface area contributed by atoms with Gasteiger partial charge in [0.1, 0.15) is 6.61 Å². The number of nitrogens with two attached hydrogens (primary N) is 1. The molecule has 0 aromatic heterocycles. The van der Waals surface area contributed by atoms with Gasteiger partial charge in [0.25, 0.3) is 5.91 Å². The maximum absolute atomic E-state index is 12.5. The number of fused-ring (bicyclic) bond motifs is 1. The molecule has 0 aliphatic carbocycles. The van der Waals surface area contributed by atoms with Crippen LogP contribution in [0.5, 0.6) is 11.5 Å². The summed E-state index contributed by atoms with van der Waals surface area (Å²) in [5, 5.41) is 0. The highest BCUT2D eigenvalue weighted by molar-refractivity contribution is 5.82. The van der Waals surface area contributed by atoms with Crippen molar-refractivity contribution in [3.8, 4) is 11.5 Å². The van der Waals surface area contributed by atoms with Crippen molar-refractivity contribution in [1.82, 2.24) is 4.90 Å². The van der Waals surface area contributed by atoms with Crippen molar-refractivity contribution < 1.29 is 14.3 Å². The maximum atomic E-state index is 12.5. The van der Waals surface area contributed by atoms with Crippen LogP contribution in [0.25, 0.3) is 0 Å². The minimum absolute atomic E-state index is 0.0210. The van der Waals surface area contributed by atoms with E-state index >= 15 is 0 Å². The number of nitrogens with zero attached hydrogens (tertiary/aromatic N) is 1. The van der Waals surface area contributed by atoms with Crippen molar-refractivity contribution in [2.24, 2.45) is 11.7 Å². The quantitative estimate of drug-likeness (QED) is 0.894. The van der Waals surface area contributed by atoms with Gasteiger partial charge in [0.15, 0.2) is 11.5 Å². The SMILES string of the molecule is CC(N)C1CCN(C(=O)C2COc3ccccc3O2)CC1. The van der Waals surface area contributed by atoms with Gasteiger partial charge in [0, 0.05) is 19.1 Å². The number of carbonyl (C=O) groups excluding carboxylic acids is 1. The van der Waals surface area contributed by atoms with E-state index in [1.807, 2.05) is 36.1 Å². The van der Waals surface area contributed by atoms with Gasteiger partial charge in [-0.15, -0.1) is 0 Å². The van der Waals surface area contributed by atoms with Gasteiger partial charge in [-0.05, 0) is 37.8 Å². The number of carbonyl (C=O) groups is 1. The van der Waals surface area contributed by atoms with Crippen molar-refractivity contribution in [2.45, 2.75) is 31.9 Å². The zero-order valence-corrected chi connectivity index (χ0v) is 12.3. The van der Waals surface area contributed by atoms with E-state index in [0.29, 0.717) is 17.4 Å². The molecule has 0 saturated carbocycles. The standard InChI is InChI=1S/C16H22N2O3/c1-11(17)12-6-8-18(9-7-12)16(19)15-10-20-13-4-2-3-5-14(13)21-15/h2-5,11-12,15H,6-10,17H2,1H3. The molecule has 1 fully saturated rings. The summed E-state index contributed by atoms with van der Waals surface area (Å²) in [6.07, 6.45) is 1.40. The third kappa shape index (κ3) is 2.97. The first-order valence-electron chi connectivity index (χ1n) is 7.58. The first-order chi connectivity index (χ1) is 10.1. The second-order valence-corrected chi connectivity index (χ2v) is 5.89. The van der Waals surface area contributed by atoms with E-state index in [4.69, 9.17) is 15.2 Å². The van der Waals surface area contributed by atoms with E-state index in [9.17, 15) is 4.79 Å². The normalized spacial score (nSPS) is 23.7. The van der Waals surface area contributed by atoms with Gasteiger partial charge in [-0.1, -0.05) is 12.1 Å². The van der Waals surface area contributed by atoms with E-state index in [2.05, 4.69) is 0 Å². The smallest absolute Gasteiger partial charge is 0.267 e. The van der Waals surface area contributed by atoms with Crippen LogP contribution in [-0.4, -0.2) is 42.6 Å². The molecule has 2 aliphatic rings. The van der Waals surface area contributed by atoms with Crippen LogP contribution in [0.1, 0.15) is 19.8 Å². The summed E-state index contributed by atoms with van der Waals surface area (Å²) < 4.78 is 11.4. The van der Waals surface area contributed by atoms with Crippen molar-refractivity contribution in [1.29, 1.82) is 0 Å². The van der Waals surface area contributed by atoms with Gasteiger partial charge in [-0.2, -0.15) is 0 Å². The number of ether oxygens (including phenoxy) is 2. The minimum Gasteiger partial charge on any atom is -0.485 e. The molecule has 2 atom stereocenters. The van der Waals surface area contributed by atoms with Crippen LogP contribution in [0, 0.1) is 5.92 Å². The fourth-order valence-electron chi connectivity index (χ4n) is 2.99. The molecule has 0 spiro atoms. The molecule has 2 N–H and O–H groups in total. The Balaban J connectivity index is 1.60. The zero-order valence-electron chi connectivity index (χ0n) is 12.3. The van der Waals surface area contributed by atoms with Gasteiger partial charge < -0.3 is 20.1 Å². The molecule has 1 amide bonds. The molecule has 3 rings (SSSR count). The summed E-state index contributed by atoms with van der Waals surface area (Å²) in [7, 11) is 0. The lowest BCUT2D eigenvalue weighted by atomic mass is 9.91. The second-order valence-electron chi connectivity index (χ2n) is 5.89. The fourth-order valence-corrected chi connectivity index (χ4v) is 2.99. The monoisotopic (exact) mass is 290 g/mol. The topological polar surface area (TPSA) is 64.8 Å². The molecular formula is C16H22N2O3. The molecule has 1 aromatic rings. The number of likely N-dealkylation sites (tertiary alicyclic amines) is 1. The molecular weight excluding hydrogens is 268 g/mol. The van der Waals surface area contributed by atoms with E-state index in [1.165, 1.54) is 0 Å². The Labute approximate surface area is 125 Å². The van der Waals surface area contributed by atoms with Crippen LogP contribution >= 0.6 is 0 Å². The Hall–Kier alpha value is -1.75. The zero-order chi connectivity index (χ0) is 14.8. The lowest BCUT2D eigenvalue weighted by Gasteiger charge is -2.36. The van der Waals surface area contributed by atoms with Crippen molar-refractivity contribution in [3.05, 3.63) is 24.3 Å². The number of rotatable bonds is 2. The predicted octanol–water partition coefficient (Wildman–Crippen LogP) is 1.41. The van der Waals surface area contributed by atoms with E-state index < -0.39 is 6.10 Å². The molecule has 5 nitrogen and oxygen atoms in total. The third-order valence-electron chi connectivity index (χ3n) is 4.38. The first kappa shape index (κ1) is 14.2. The van der Waals surface area contributed by atoms with Crippen LogP contribution in [0.15, 0.2) is 24.3 Å². The molecule has 2 unspecified atom stereocenters. The third-order valence-corrected chi connectivity index (χ3v) is 4.38. The highest BCUT2D eigenvalue weighted by atomic mass is 16.6. The maximum Gasteiger partial charge on any atom is 0.267 e. The largest absolute Gasteiger partial charge is 0.485 e. The van der Waals surface area contributed by atoms with Crippen LogP contribution in [0.3, 0.4) is 0 Å². The number of benzene rings is 1. The van der Waals surface area contributed by atoms with Crippen molar-refractivity contribution in [2.75, 3.05) is 19.7 Å². The average Bonchev–Trinajstić information content (AvgIpc) is 2.54. The second kappa shape index (κ2) is 5.93. The minimum atomic E-state index is -0.535. The fraction of sp³-hybridized carbons (Fsp3) is 0.562. The number of piperidine rings is 1. The summed E-state index contributed by atoms with van der Waals surface area (Å²) >= 11 is 0. The molecule has 0 radical (unpaired) electrons. The average molecular weight is 290 g/mol. The van der Waals surface area contributed by atoms with E-state index in [0.717, 1.165) is 25.9 Å². The van der Waals surface area contributed by atoms with Crippen molar-refractivity contribution in [3.63, 3.8) is 0 Å². The van der Waals surface area contributed by atoms with E-state index in [-0.39, 0.29) is 18.6 Å². The van der Waals surface area contributed by atoms with Gasteiger partial charge in [-0.25, -0.2) is 0 Å². The first-order valence-corrected chi connectivity index (χ1v) is 7.58. The molecule has 2 heterocycles. The molecule has 5 heteroatoms. The Morgan fingerprint density at radius 2 is 1.95 bits per heavy atom. The highest BCUT2D eigenvalue weighted by Crippen LogP contribution is 2.31. The lowest BCUT2D eigenvalue weighted by Crippen LogP contribution is -2.50. The summed E-state index contributed by atoms with van der Waals surface area (Å²) in [5.41, 5.74) is 5.94. The summed E-state index contributed by atoms with van der Waals surface area (Å²) in [6.45, 7) is 3.83. The molecule has 0 bridgehead atoms. The Kier molecular flexibility index (Phi) is 4.01. The van der Waals surface area contributed by atoms with Gasteiger partial charge >= 0.3 is 0 Å². The summed E-state index contributed by atoms with van der Waals surface area (Å²) in [6, 6.07) is 7.65. The molecule has 114 valence electrons. The van der Waals surface area contributed by atoms with Crippen LogP contribution in [0.4, 0.5) is 0 Å². The summed E-state index contributed by atoms with van der Waals surface area (Å²) in [5.74, 6) is 1.88. The number of hydrogen-bond donors (Lipinski definition) is 1. The Morgan fingerprint density at radius 3 is 2.62 bits per heavy atom. The molecule has 2 aliphatic heterocycles. The predicted molar refractivity (Wildman–Crippen MR) is 79.3 cm³/mol. The van der Waals surface area contributed by atoms with Crippen LogP contribution < -0.4 is 15.2 Å². The van der Waals surface area contributed by atoms with Gasteiger partial charge in [0.2, 0.25) is 6.10 Å². The molecule has 21 heavy (non-hydrogen) atoms. The van der Waals surface area contributed by atoms with E-state index in [1.54, 1.807) is 0 Å². The number of amides is 1. The highest BCUT2D eigenvalue weighted by Gasteiger charge is 2.33. The van der Waals surface area contributed by atoms with Crippen molar-refractivity contribution >= 4 is 5.91 Å². The van der Waals surface area contributed by atoms with Crippen LogP contribution in [0.2, 0.25) is 0 Å².